The van der Waals surface area contributed by atoms with Gasteiger partial charge < -0.3 is 9.67 Å². The molecule has 0 saturated heterocycles. The van der Waals surface area contributed by atoms with Gasteiger partial charge in [0.15, 0.2) is 0 Å². The van der Waals surface area contributed by atoms with Crippen molar-refractivity contribution in [2.75, 3.05) is 0 Å². The van der Waals surface area contributed by atoms with Crippen LogP contribution in [0, 0.1) is 6.92 Å². The molecular weight excluding hydrogens is 319 g/mol. The Morgan fingerprint density at radius 2 is 1.83 bits per heavy atom. The van der Waals surface area contributed by atoms with E-state index in [-0.39, 0.29) is 11.1 Å². The number of nitrogens with zero attached hydrogens (tertiary/aromatic N) is 1. The largest absolute Gasteiger partial charge is 0.478 e. The SMILES string of the molecule is Cc1cccc(-c2ccc3c(C(=O)O)cn(CC(F)(F)F)c3c2)c1. The number of benzene rings is 2. The number of alkyl halides is 3. The second-order valence-electron chi connectivity index (χ2n) is 5.69. The molecule has 0 fully saturated rings. The fourth-order valence-corrected chi connectivity index (χ4v) is 2.79. The molecule has 0 spiro atoms. The minimum absolute atomic E-state index is 0.134. The number of fused-ring (bicyclic) bond motifs is 1. The first-order chi connectivity index (χ1) is 11.2. The molecule has 0 aliphatic heterocycles. The molecule has 0 saturated carbocycles. The van der Waals surface area contributed by atoms with Crippen LogP contribution in [0.5, 0.6) is 0 Å². The molecule has 1 aromatic heterocycles. The Kier molecular flexibility index (Phi) is 3.83. The zero-order valence-electron chi connectivity index (χ0n) is 12.8. The van der Waals surface area contributed by atoms with Crippen molar-refractivity contribution in [2.45, 2.75) is 19.6 Å². The Morgan fingerprint density at radius 3 is 2.46 bits per heavy atom. The molecule has 0 amide bonds. The third-order valence-electron chi connectivity index (χ3n) is 3.81. The van der Waals surface area contributed by atoms with Crippen molar-refractivity contribution < 1.29 is 23.1 Å². The van der Waals surface area contributed by atoms with E-state index in [4.69, 9.17) is 0 Å². The Morgan fingerprint density at radius 1 is 1.12 bits per heavy atom. The third-order valence-corrected chi connectivity index (χ3v) is 3.81. The van der Waals surface area contributed by atoms with Gasteiger partial charge in [0.25, 0.3) is 0 Å². The van der Waals surface area contributed by atoms with Crippen LogP contribution in [0.2, 0.25) is 0 Å². The van der Waals surface area contributed by atoms with E-state index in [1.54, 1.807) is 18.2 Å². The van der Waals surface area contributed by atoms with E-state index in [0.29, 0.717) is 5.39 Å². The summed E-state index contributed by atoms with van der Waals surface area (Å²) >= 11 is 0. The van der Waals surface area contributed by atoms with Crippen LogP contribution in [-0.2, 0) is 6.54 Å². The van der Waals surface area contributed by atoms with E-state index in [2.05, 4.69) is 0 Å². The molecule has 0 unspecified atom stereocenters. The summed E-state index contributed by atoms with van der Waals surface area (Å²) < 4.78 is 39.3. The van der Waals surface area contributed by atoms with Crippen molar-refractivity contribution in [3.05, 3.63) is 59.8 Å². The van der Waals surface area contributed by atoms with Crippen LogP contribution in [0.4, 0.5) is 13.2 Å². The number of hydrogen-bond donors (Lipinski definition) is 1. The van der Waals surface area contributed by atoms with Gasteiger partial charge in [-0.15, -0.1) is 0 Å². The van der Waals surface area contributed by atoms with E-state index in [1.807, 2.05) is 31.2 Å². The number of halogens is 3. The van der Waals surface area contributed by atoms with Gasteiger partial charge in [0.1, 0.15) is 6.54 Å². The van der Waals surface area contributed by atoms with Crippen LogP contribution in [0.25, 0.3) is 22.0 Å². The van der Waals surface area contributed by atoms with Crippen molar-refractivity contribution in [3.8, 4) is 11.1 Å². The molecule has 124 valence electrons. The molecule has 0 aliphatic carbocycles. The molecule has 0 bridgehead atoms. The predicted molar refractivity (Wildman–Crippen MR) is 85.1 cm³/mol. The first-order valence-electron chi connectivity index (χ1n) is 7.24. The summed E-state index contributed by atoms with van der Waals surface area (Å²) in [5.74, 6) is -1.25. The highest BCUT2D eigenvalue weighted by molar-refractivity contribution is 6.04. The van der Waals surface area contributed by atoms with Gasteiger partial charge in [0.05, 0.1) is 5.56 Å². The van der Waals surface area contributed by atoms with E-state index in [9.17, 15) is 23.1 Å². The molecule has 1 N–H and O–H groups in total. The quantitative estimate of drug-likeness (QED) is 0.742. The second kappa shape index (κ2) is 5.70. The zero-order chi connectivity index (χ0) is 17.5. The summed E-state index contributed by atoms with van der Waals surface area (Å²) in [5, 5.41) is 9.52. The second-order valence-corrected chi connectivity index (χ2v) is 5.69. The first kappa shape index (κ1) is 16.1. The van der Waals surface area contributed by atoms with Crippen LogP contribution in [-0.4, -0.2) is 21.8 Å². The van der Waals surface area contributed by atoms with Crippen LogP contribution in [0.3, 0.4) is 0 Å². The lowest BCUT2D eigenvalue weighted by molar-refractivity contribution is -0.139. The number of hydrogen-bond acceptors (Lipinski definition) is 1. The van der Waals surface area contributed by atoms with Gasteiger partial charge in [-0.05, 0) is 24.1 Å². The Balaban J connectivity index is 2.20. The van der Waals surface area contributed by atoms with Crippen LogP contribution >= 0.6 is 0 Å². The van der Waals surface area contributed by atoms with Crippen molar-refractivity contribution in [1.82, 2.24) is 4.57 Å². The number of aromatic carboxylic acids is 1. The topological polar surface area (TPSA) is 42.2 Å². The molecule has 2 aromatic carbocycles. The maximum Gasteiger partial charge on any atom is 0.406 e. The van der Waals surface area contributed by atoms with E-state index >= 15 is 0 Å². The van der Waals surface area contributed by atoms with Gasteiger partial charge in [-0.3, -0.25) is 0 Å². The van der Waals surface area contributed by atoms with Gasteiger partial charge in [-0.25, -0.2) is 4.79 Å². The Bertz CT molecular complexity index is 926. The zero-order valence-corrected chi connectivity index (χ0v) is 12.8. The summed E-state index contributed by atoms with van der Waals surface area (Å²) in [6, 6.07) is 12.5. The standard InChI is InChI=1S/C18H14F3NO2/c1-11-3-2-4-12(7-11)13-5-6-14-15(17(23)24)9-22(16(14)8-13)10-18(19,20)21/h2-9H,10H2,1H3,(H,23,24). The number of carbonyl (C=O) groups is 1. The highest BCUT2D eigenvalue weighted by Crippen LogP contribution is 2.30. The number of aromatic nitrogens is 1. The lowest BCUT2D eigenvalue weighted by Crippen LogP contribution is -2.16. The highest BCUT2D eigenvalue weighted by Gasteiger charge is 2.29. The van der Waals surface area contributed by atoms with Crippen LogP contribution in [0.15, 0.2) is 48.7 Å². The lowest BCUT2D eigenvalue weighted by atomic mass is 10.0. The van der Waals surface area contributed by atoms with Crippen molar-refractivity contribution >= 4 is 16.9 Å². The van der Waals surface area contributed by atoms with Crippen molar-refractivity contribution in [2.24, 2.45) is 0 Å². The molecule has 6 heteroatoms. The van der Waals surface area contributed by atoms with Crippen LogP contribution < -0.4 is 0 Å². The summed E-state index contributed by atoms with van der Waals surface area (Å²) in [4.78, 5) is 11.3. The highest BCUT2D eigenvalue weighted by atomic mass is 19.4. The fraction of sp³-hybridized carbons (Fsp3) is 0.167. The Labute approximate surface area is 136 Å². The van der Waals surface area contributed by atoms with Gasteiger partial charge in [0.2, 0.25) is 0 Å². The van der Waals surface area contributed by atoms with Gasteiger partial charge in [-0.2, -0.15) is 13.2 Å². The maximum atomic E-state index is 12.8. The van der Waals surface area contributed by atoms with E-state index in [0.717, 1.165) is 27.5 Å². The van der Waals surface area contributed by atoms with Crippen LogP contribution in [0.1, 0.15) is 15.9 Å². The average Bonchev–Trinajstić information content (AvgIpc) is 2.84. The maximum absolute atomic E-state index is 12.8. The molecule has 1 heterocycles. The molecular formula is C18H14F3NO2. The smallest absolute Gasteiger partial charge is 0.406 e. The summed E-state index contributed by atoms with van der Waals surface area (Å²) in [7, 11) is 0. The Hall–Kier alpha value is -2.76. The number of aryl methyl sites for hydroxylation is 1. The third kappa shape index (κ3) is 3.13. The number of carboxylic acid groups (broad SMARTS) is 1. The minimum atomic E-state index is -4.43. The normalized spacial score (nSPS) is 11.8. The summed E-state index contributed by atoms with van der Waals surface area (Å²) in [6.07, 6.45) is -3.39. The molecule has 3 rings (SSSR count). The molecule has 24 heavy (non-hydrogen) atoms. The van der Waals surface area contributed by atoms with E-state index < -0.39 is 18.7 Å². The molecule has 3 nitrogen and oxygen atoms in total. The monoisotopic (exact) mass is 333 g/mol. The summed E-state index contributed by atoms with van der Waals surface area (Å²) in [6.45, 7) is 0.699. The van der Waals surface area contributed by atoms with Gasteiger partial charge in [-0.1, -0.05) is 42.0 Å². The summed E-state index contributed by atoms with van der Waals surface area (Å²) in [5.41, 5.74) is 2.76. The van der Waals surface area contributed by atoms with E-state index in [1.165, 1.54) is 0 Å². The molecule has 0 atom stereocenters. The van der Waals surface area contributed by atoms with Gasteiger partial charge in [0, 0.05) is 17.1 Å². The fourth-order valence-electron chi connectivity index (χ4n) is 2.79. The lowest BCUT2D eigenvalue weighted by Gasteiger charge is -2.10. The minimum Gasteiger partial charge on any atom is -0.478 e. The van der Waals surface area contributed by atoms with Crippen molar-refractivity contribution in [3.63, 3.8) is 0 Å². The number of rotatable bonds is 3. The molecule has 0 aliphatic rings. The average molecular weight is 333 g/mol. The van der Waals surface area contributed by atoms with Gasteiger partial charge >= 0.3 is 12.1 Å². The predicted octanol–water partition coefficient (Wildman–Crippen LogP) is 4.88. The molecule has 3 aromatic rings. The first-order valence-corrected chi connectivity index (χ1v) is 7.24. The van der Waals surface area contributed by atoms with Crippen molar-refractivity contribution in [1.29, 1.82) is 0 Å². The molecule has 0 radical (unpaired) electrons. The number of carboxylic acids is 1.